The lowest BCUT2D eigenvalue weighted by Gasteiger charge is -2.29. The number of benzene rings is 2. The van der Waals surface area contributed by atoms with E-state index >= 15 is 0 Å². The summed E-state index contributed by atoms with van der Waals surface area (Å²) >= 11 is 0. The lowest BCUT2D eigenvalue weighted by molar-refractivity contribution is -0.131. The van der Waals surface area contributed by atoms with E-state index in [1.54, 1.807) is 4.90 Å². The number of amides is 1. The summed E-state index contributed by atoms with van der Waals surface area (Å²) in [5, 5.41) is 0. The van der Waals surface area contributed by atoms with E-state index in [0.717, 1.165) is 18.1 Å². The van der Waals surface area contributed by atoms with Crippen molar-refractivity contribution < 1.29 is 17.6 Å². The third-order valence-electron chi connectivity index (χ3n) is 4.55. The highest BCUT2D eigenvalue weighted by Gasteiger charge is 2.21. The predicted octanol–water partition coefficient (Wildman–Crippen LogP) is 2.39. The summed E-state index contributed by atoms with van der Waals surface area (Å²) in [5.74, 6) is -0.540. The summed E-state index contributed by atoms with van der Waals surface area (Å²) in [7, 11) is -3.76. The topological polar surface area (TPSA) is 66.5 Å². The van der Waals surface area contributed by atoms with Gasteiger partial charge in [-0.05, 0) is 48.2 Å². The molecule has 138 valence electrons. The lowest BCUT2D eigenvalue weighted by atomic mass is 10.00. The molecule has 0 atom stereocenters. The van der Waals surface area contributed by atoms with Crippen molar-refractivity contribution in [2.75, 3.05) is 13.1 Å². The molecule has 7 heteroatoms. The second-order valence-corrected chi connectivity index (χ2v) is 8.16. The highest BCUT2D eigenvalue weighted by Crippen LogP contribution is 2.19. The molecule has 0 unspecified atom stereocenters. The van der Waals surface area contributed by atoms with Crippen molar-refractivity contribution >= 4 is 15.9 Å². The van der Waals surface area contributed by atoms with E-state index in [4.69, 9.17) is 0 Å². The maximum Gasteiger partial charge on any atom is 0.240 e. The molecule has 0 bridgehead atoms. The third-order valence-corrected chi connectivity index (χ3v) is 6.01. The third kappa shape index (κ3) is 4.11. The summed E-state index contributed by atoms with van der Waals surface area (Å²) in [5.41, 5.74) is 2.65. The molecule has 0 saturated carbocycles. The Morgan fingerprint density at radius 1 is 1.19 bits per heavy atom. The molecule has 0 radical (unpaired) electrons. The lowest BCUT2D eigenvalue weighted by Crippen LogP contribution is -2.38. The molecular weight excluding hydrogens is 355 g/mol. The molecule has 0 aromatic heterocycles. The zero-order valence-corrected chi connectivity index (χ0v) is 15.4. The van der Waals surface area contributed by atoms with Crippen LogP contribution in [0.4, 0.5) is 4.39 Å². The molecule has 1 aliphatic rings. The van der Waals surface area contributed by atoms with Gasteiger partial charge in [-0.3, -0.25) is 4.79 Å². The Hall–Kier alpha value is -2.25. The number of nitrogens with zero attached hydrogens (tertiary/aromatic N) is 1. The average Bonchev–Trinajstić information content (AvgIpc) is 2.63. The summed E-state index contributed by atoms with van der Waals surface area (Å²) in [6.07, 6.45) is 0.893. The van der Waals surface area contributed by atoms with Crippen molar-refractivity contribution in [1.82, 2.24) is 9.62 Å². The van der Waals surface area contributed by atoms with E-state index in [-0.39, 0.29) is 29.3 Å². The monoisotopic (exact) mass is 376 g/mol. The second-order valence-electron chi connectivity index (χ2n) is 6.39. The van der Waals surface area contributed by atoms with Crippen LogP contribution in [0.25, 0.3) is 0 Å². The van der Waals surface area contributed by atoms with E-state index in [1.165, 1.54) is 24.6 Å². The van der Waals surface area contributed by atoms with Crippen molar-refractivity contribution in [3.63, 3.8) is 0 Å². The van der Waals surface area contributed by atoms with Crippen molar-refractivity contribution in [1.29, 1.82) is 0 Å². The van der Waals surface area contributed by atoms with Gasteiger partial charge >= 0.3 is 0 Å². The Balaban J connectivity index is 1.56. The smallest absolute Gasteiger partial charge is 0.240 e. The number of hydrogen-bond acceptors (Lipinski definition) is 3. The van der Waals surface area contributed by atoms with Crippen LogP contribution < -0.4 is 4.72 Å². The van der Waals surface area contributed by atoms with Gasteiger partial charge in [-0.25, -0.2) is 17.5 Å². The van der Waals surface area contributed by atoms with Crippen LogP contribution in [-0.4, -0.2) is 32.3 Å². The van der Waals surface area contributed by atoms with Crippen molar-refractivity contribution in [3.8, 4) is 0 Å². The number of fused-ring (bicyclic) bond motifs is 1. The molecule has 3 rings (SSSR count). The number of rotatable bonds is 5. The first kappa shape index (κ1) is 18.5. The molecule has 1 aliphatic heterocycles. The van der Waals surface area contributed by atoms with E-state index < -0.39 is 15.8 Å². The van der Waals surface area contributed by atoms with Crippen LogP contribution in [0.1, 0.15) is 23.1 Å². The zero-order chi connectivity index (χ0) is 18.7. The summed E-state index contributed by atoms with van der Waals surface area (Å²) in [4.78, 5) is 14.1. The highest BCUT2D eigenvalue weighted by molar-refractivity contribution is 7.89. The zero-order valence-electron chi connectivity index (χ0n) is 14.5. The number of carbonyl (C=O) groups excluding carboxylic acids is 1. The van der Waals surface area contributed by atoms with Gasteiger partial charge in [0, 0.05) is 26.1 Å². The minimum absolute atomic E-state index is 0.00394. The number of aryl methyl sites for hydroxylation is 1. The second kappa shape index (κ2) is 7.55. The van der Waals surface area contributed by atoms with Crippen molar-refractivity contribution in [2.45, 2.75) is 31.2 Å². The average molecular weight is 376 g/mol. The summed E-state index contributed by atoms with van der Waals surface area (Å²) in [6, 6.07) is 11.6. The van der Waals surface area contributed by atoms with Crippen LogP contribution >= 0.6 is 0 Å². The first-order valence-corrected chi connectivity index (χ1v) is 9.95. The maximum atomic E-state index is 13.3. The van der Waals surface area contributed by atoms with Gasteiger partial charge in [0.05, 0.1) is 4.90 Å². The van der Waals surface area contributed by atoms with Crippen molar-refractivity contribution in [3.05, 3.63) is 65.0 Å². The van der Waals surface area contributed by atoms with Gasteiger partial charge in [-0.15, -0.1) is 0 Å². The van der Waals surface area contributed by atoms with Crippen LogP contribution in [0.2, 0.25) is 0 Å². The minimum atomic E-state index is -3.76. The molecule has 1 amide bonds. The van der Waals surface area contributed by atoms with Crippen molar-refractivity contribution in [2.24, 2.45) is 0 Å². The minimum Gasteiger partial charge on any atom is -0.338 e. The van der Waals surface area contributed by atoms with Gasteiger partial charge in [0.1, 0.15) is 5.82 Å². The van der Waals surface area contributed by atoms with Gasteiger partial charge < -0.3 is 4.90 Å². The molecule has 0 saturated heterocycles. The molecule has 1 N–H and O–H groups in total. The van der Waals surface area contributed by atoms with E-state index in [2.05, 4.69) is 10.8 Å². The summed E-state index contributed by atoms with van der Waals surface area (Å²) < 4.78 is 40.2. The molecule has 26 heavy (non-hydrogen) atoms. The molecule has 1 heterocycles. The maximum absolute atomic E-state index is 13.3. The highest BCUT2D eigenvalue weighted by atomic mass is 32.2. The van der Waals surface area contributed by atoms with Crippen LogP contribution in [-0.2, 0) is 27.8 Å². The fourth-order valence-corrected chi connectivity index (χ4v) is 4.14. The Morgan fingerprint density at radius 2 is 1.92 bits per heavy atom. The fraction of sp³-hybridized carbons (Fsp3) is 0.316. The first-order valence-electron chi connectivity index (χ1n) is 8.47. The van der Waals surface area contributed by atoms with Gasteiger partial charge in [0.15, 0.2) is 0 Å². The van der Waals surface area contributed by atoms with E-state index in [0.29, 0.717) is 13.1 Å². The molecule has 0 aliphatic carbocycles. The molecule has 0 fully saturated rings. The number of carbonyl (C=O) groups is 1. The first-order chi connectivity index (χ1) is 12.4. The van der Waals surface area contributed by atoms with E-state index in [9.17, 15) is 17.6 Å². The number of halogens is 1. The Bertz CT molecular complexity index is 928. The van der Waals surface area contributed by atoms with Gasteiger partial charge in [0.2, 0.25) is 15.9 Å². The Kier molecular flexibility index (Phi) is 5.38. The Morgan fingerprint density at radius 3 is 2.65 bits per heavy atom. The van der Waals surface area contributed by atoms with Crippen LogP contribution in [0, 0.1) is 12.7 Å². The molecule has 2 aromatic rings. The molecular formula is C19H21FN2O3S. The van der Waals surface area contributed by atoms with Crippen LogP contribution in [0.3, 0.4) is 0 Å². The molecule has 2 aromatic carbocycles. The fourth-order valence-electron chi connectivity index (χ4n) is 3.03. The largest absolute Gasteiger partial charge is 0.338 e. The van der Waals surface area contributed by atoms with Gasteiger partial charge in [-0.1, -0.05) is 24.3 Å². The van der Waals surface area contributed by atoms with Gasteiger partial charge in [-0.2, -0.15) is 0 Å². The Labute approximate surface area is 152 Å². The standard InChI is InChI=1S/C19H21FN2O3S/c1-14-12-17(6-7-18(14)20)26(24,25)21-10-8-19(23)22-11-9-15-4-2-3-5-16(15)13-22/h2-7,12,21H,8-11,13H2,1H3. The normalized spacial score (nSPS) is 14.2. The van der Waals surface area contributed by atoms with Gasteiger partial charge in [0.25, 0.3) is 0 Å². The number of sulfonamides is 1. The summed E-state index contributed by atoms with van der Waals surface area (Å²) in [6.45, 7) is 2.71. The van der Waals surface area contributed by atoms with Crippen LogP contribution in [0.5, 0.6) is 0 Å². The molecule has 0 spiro atoms. The van der Waals surface area contributed by atoms with Crippen LogP contribution in [0.15, 0.2) is 47.4 Å². The quantitative estimate of drug-likeness (QED) is 0.871. The van der Waals surface area contributed by atoms with E-state index in [1.807, 2.05) is 18.2 Å². The molecule has 5 nitrogen and oxygen atoms in total. The number of hydrogen-bond donors (Lipinski definition) is 1. The number of nitrogens with one attached hydrogen (secondary N) is 1. The SMILES string of the molecule is Cc1cc(S(=O)(=O)NCCC(=O)N2CCc3ccccc3C2)ccc1F. The predicted molar refractivity (Wildman–Crippen MR) is 96.5 cm³/mol.